The quantitative estimate of drug-likeness (QED) is 0.381. The molecule has 0 aromatic heterocycles. The maximum absolute atomic E-state index is 11.5. The summed E-state index contributed by atoms with van der Waals surface area (Å²) in [5.41, 5.74) is 0.659. The molecule has 1 amide bonds. The Bertz CT molecular complexity index is 445. The first-order valence-electron chi connectivity index (χ1n) is 5.82. The highest BCUT2D eigenvalue weighted by Gasteiger charge is 2.12. The van der Waals surface area contributed by atoms with Gasteiger partial charge >= 0.3 is 6.09 Å². The van der Waals surface area contributed by atoms with Gasteiger partial charge in [0.05, 0.1) is 4.92 Å². The number of hydrogen-bond acceptors (Lipinski definition) is 5. The average molecular weight is 267 g/mol. The number of nitro groups is 1. The van der Waals surface area contributed by atoms with Crippen LogP contribution in [-0.2, 0) is 11.3 Å². The van der Waals surface area contributed by atoms with Crippen molar-refractivity contribution in [1.82, 2.24) is 5.01 Å². The Morgan fingerprint density at radius 2 is 2.00 bits per heavy atom. The predicted octanol–water partition coefficient (Wildman–Crippen LogP) is 2.06. The lowest BCUT2D eigenvalue weighted by Gasteiger charge is -2.18. The van der Waals surface area contributed by atoms with Crippen molar-refractivity contribution in [2.24, 2.45) is 11.8 Å². The first-order valence-corrected chi connectivity index (χ1v) is 5.82. The van der Waals surface area contributed by atoms with E-state index in [1.54, 1.807) is 0 Å². The maximum Gasteiger partial charge on any atom is 0.424 e. The molecule has 0 aliphatic rings. The second kappa shape index (κ2) is 6.69. The number of carbonyl (C=O) groups excluding carboxylic acids is 1. The standard InChI is InChI=1S/C12H17N3O4/c1-9(2)7-14(13)12(16)19-8-10-3-5-11(6-4-10)15(17)18/h3-6,9H,7-8,13H2,1-2H3. The summed E-state index contributed by atoms with van der Waals surface area (Å²) < 4.78 is 4.98. The lowest BCUT2D eigenvalue weighted by molar-refractivity contribution is -0.384. The van der Waals surface area contributed by atoms with Crippen molar-refractivity contribution in [1.29, 1.82) is 0 Å². The van der Waals surface area contributed by atoms with Gasteiger partial charge in [-0.05, 0) is 23.6 Å². The van der Waals surface area contributed by atoms with Crippen LogP contribution in [0.2, 0.25) is 0 Å². The molecule has 2 N–H and O–H groups in total. The Morgan fingerprint density at radius 3 is 2.47 bits per heavy atom. The molecule has 0 fully saturated rings. The molecule has 0 aliphatic carbocycles. The summed E-state index contributed by atoms with van der Waals surface area (Å²) >= 11 is 0. The number of ether oxygens (including phenoxy) is 1. The van der Waals surface area contributed by atoms with Crippen molar-refractivity contribution in [3.8, 4) is 0 Å². The van der Waals surface area contributed by atoms with Gasteiger partial charge in [0.15, 0.2) is 0 Å². The smallest absolute Gasteiger partial charge is 0.424 e. The molecule has 0 bridgehead atoms. The van der Waals surface area contributed by atoms with Gasteiger partial charge in [-0.1, -0.05) is 13.8 Å². The van der Waals surface area contributed by atoms with Gasteiger partial charge in [-0.3, -0.25) is 10.1 Å². The SMILES string of the molecule is CC(C)CN(N)C(=O)OCc1ccc([N+](=O)[O-])cc1. The summed E-state index contributed by atoms with van der Waals surface area (Å²) in [6.45, 7) is 4.30. The molecular weight excluding hydrogens is 250 g/mol. The first-order chi connectivity index (χ1) is 8.90. The molecule has 0 aliphatic heterocycles. The summed E-state index contributed by atoms with van der Waals surface area (Å²) in [6.07, 6.45) is -0.618. The number of nitrogens with two attached hydrogens (primary N) is 1. The molecule has 19 heavy (non-hydrogen) atoms. The first kappa shape index (κ1) is 14.9. The van der Waals surface area contributed by atoms with Gasteiger partial charge in [-0.25, -0.2) is 15.6 Å². The summed E-state index contributed by atoms with van der Waals surface area (Å²) in [5, 5.41) is 11.5. The highest BCUT2D eigenvalue weighted by atomic mass is 16.6. The van der Waals surface area contributed by atoms with Gasteiger partial charge in [-0.15, -0.1) is 0 Å². The third-order valence-electron chi connectivity index (χ3n) is 2.31. The number of rotatable bonds is 5. The molecule has 0 unspecified atom stereocenters. The molecule has 1 rings (SSSR count). The van der Waals surface area contributed by atoms with E-state index in [1.807, 2.05) is 13.8 Å². The molecule has 0 atom stereocenters. The molecule has 7 nitrogen and oxygen atoms in total. The van der Waals surface area contributed by atoms with E-state index >= 15 is 0 Å². The van der Waals surface area contributed by atoms with E-state index in [0.29, 0.717) is 12.1 Å². The van der Waals surface area contributed by atoms with Crippen LogP contribution in [0.5, 0.6) is 0 Å². The van der Waals surface area contributed by atoms with Crippen molar-refractivity contribution < 1.29 is 14.5 Å². The summed E-state index contributed by atoms with van der Waals surface area (Å²) in [4.78, 5) is 21.5. The Labute approximate surface area is 111 Å². The van der Waals surface area contributed by atoms with E-state index in [2.05, 4.69) is 0 Å². The largest absolute Gasteiger partial charge is 0.444 e. The van der Waals surface area contributed by atoms with Crippen LogP contribution in [0.3, 0.4) is 0 Å². The fraction of sp³-hybridized carbons (Fsp3) is 0.417. The van der Waals surface area contributed by atoms with E-state index in [1.165, 1.54) is 24.3 Å². The number of hydrogen-bond donors (Lipinski definition) is 1. The van der Waals surface area contributed by atoms with Crippen LogP contribution in [0.4, 0.5) is 10.5 Å². The van der Waals surface area contributed by atoms with Crippen molar-refractivity contribution in [2.45, 2.75) is 20.5 Å². The Morgan fingerprint density at radius 1 is 1.42 bits per heavy atom. The number of benzene rings is 1. The number of carbonyl (C=O) groups is 1. The second-order valence-corrected chi connectivity index (χ2v) is 4.52. The van der Waals surface area contributed by atoms with Crippen LogP contribution in [0, 0.1) is 16.0 Å². The van der Waals surface area contributed by atoms with Crippen LogP contribution < -0.4 is 5.84 Å². The Balaban J connectivity index is 2.48. The van der Waals surface area contributed by atoms with Crippen molar-refractivity contribution in [3.63, 3.8) is 0 Å². The zero-order valence-electron chi connectivity index (χ0n) is 10.9. The van der Waals surface area contributed by atoms with E-state index in [0.717, 1.165) is 5.01 Å². The molecule has 7 heteroatoms. The van der Waals surface area contributed by atoms with E-state index in [9.17, 15) is 14.9 Å². The summed E-state index contributed by atoms with van der Waals surface area (Å²) in [7, 11) is 0. The van der Waals surface area contributed by atoms with Crippen LogP contribution in [0.15, 0.2) is 24.3 Å². The van der Waals surface area contributed by atoms with Crippen LogP contribution in [0.1, 0.15) is 19.4 Å². The minimum Gasteiger partial charge on any atom is -0.444 e. The van der Waals surface area contributed by atoms with Gasteiger partial charge in [0, 0.05) is 18.7 Å². The van der Waals surface area contributed by atoms with Crippen molar-refractivity contribution in [2.75, 3.05) is 6.54 Å². The predicted molar refractivity (Wildman–Crippen MR) is 69.0 cm³/mol. The van der Waals surface area contributed by atoms with Gasteiger partial charge in [0.25, 0.3) is 5.69 Å². The third kappa shape index (κ3) is 4.92. The van der Waals surface area contributed by atoms with Crippen molar-refractivity contribution in [3.05, 3.63) is 39.9 Å². The van der Waals surface area contributed by atoms with Gasteiger partial charge in [0.1, 0.15) is 6.61 Å². The van der Waals surface area contributed by atoms with Crippen LogP contribution in [-0.4, -0.2) is 22.6 Å². The number of nitro benzene ring substituents is 1. The Kier molecular flexibility index (Phi) is 5.25. The molecule has 104 valence electrons. The normalized spacial score (nSPS) is 10.3. The zero-order valence-corrected chi connectivity index (χ0v) is 10.9. The number of amides is 1. The van der Waals surface area contributed by atoms with Gasteiger partial charge in [0.2, 0.25) is 0 Å². The minimum atomic E-state index is -0.618. The number of hydrazine groups is 1. The fourth-order valence-corrected chi connectivity index (χ4v) is 1.41. The van der Waals surface area contributed by atoms with Crippen molar-refractivity contribution >= 4 is 11.8 Å². The lowest BCUT2D eigenvalue weighted by Crippen LogP contribution is -2.40. The minimum absolute atomic E-state index is 0.00432. The fourth-order valence-electron chi connectivity index (χ4n) is 1.41. The molecule has 1 aromatic carbocycles. The molecule has 0 saturated heterocycles. The number of nitrogens with zero attached hydrogens (tertiary/aromatic N) is 2. The summed E-state index contributed by atoms with van der Waals surface area (Å²) in [6, 6.07) is 5.79. The third-order valence-corrected chi connectivity index (χ3v) is 2.31. The Hall–Kier alpha value is -2.15. The van der Waals surface area contributed by atoms with E-state index in [4.69, 9.17) is 10.6 Å². The molecule has 1 aromatic rings. The average Bonchev–Trinajstić information content (AvgIpc) is 2.35. The van der Waals surface area contributed by atoms with E-state index < -0.39 is 11.0 Å². The second-order valence-electron chi connectivity index (χ2n) is 4.52. The molecule has 0 heterocycles. The van der Waals surface area contributed by atoms with Gasteiger partial charge in [-0.2, -0.15) is 0 Å². The van der Waals surface area contributed by atoms with Crippen LogP contribution >= 0.6 is 0 Å². The van der Waals surface area contributed by atoms with Crippen LogP contribution in [0.25, 0.3) is 0 Å². The molecular formula is C12H17N3O4. The number of non-ortho nitro benzene ring substituents is 1. The highest BCUT2D eigenvalue weighted by Crippen LogP contribution is 2.12. The highest BCUT2D eigenvalue weighted by molar-refractivity contribution is 5.66. The molecule has 0 saturated carbocycles. The zero-order chi connectivity index (χ0) is 14.4. The summed E-state index contributed by atoms with van der Waals surface area (Å²) in [5.74, 6) is 5.76. The maximum atomic E-state index is 11.5. The molecule has 0 spiro atoms. The lowest BCUT2D eigenvalue weighted by atomic mass is 10.2. The van der Waals surface area contributed by atoms with E-state index in [-0.39, 0.29) is 18.2 Å². The topological polar surface area (TPSA) is 98.7 Å². The molecule has 0 radical (unpaired) electrons. The monoisotopic (exact) mass is 267 g/mol. The van der Waals surface area contributed by atoms with Gasteiger partial charge < -0.3 is 4.74 Å².